The summed E-state index contributed by atoms with van der Waals surface area (Å²) in [6.07, 6.45) is 0. The third-order valence-corrected chi connectivity index (χ3v) is 21.9. The number of nitriles is 1. The molecule has 9 aromatic carbocycles. The van der Waals surface area contributed by atoms with E-state index < -0.39 is 0 Å². The van der Waals surface area contributed by atoms with Crippen molar-refractivity contribution >= 4 is 242 Å². The molecule has 19 heteroatoms. The van der Waals surface area contributed by atoms with Crippen LogP contribution in [0.25, 0.3) is 0 Å². The van der Waals surface area contributed by atoms with Crippen molar-refractivity contribution in [2.24, 2.45) is 0 Å². The summed E-state index contributed by atoms with van der Waals surface area (Å²) in [6, 6.07) is 48.7. The Hall–Kier alpha value is -1.09. The van der Waals surface area contributed by atoms with Crippen LogP contribution in [0.3, 0.4) is 0 Å². The van der Waals surface area contributed by atoms with Gasteiger partial charge in [0, 0.05) is 86.8 Å². The van der Waals surface area contributed by atoms with Gasteiger partial charge in [-0.3, -0.25) is 0 Å². The fraction of sp³-hybridized carbons (Fsp3) is 0.225. The maximum atomic E-state index is 8.47. The number of aryl methyl sites for hydroxylation is 5. The van der Waals surface area contributed by atoms with Crippen LogP contribution >= 0.6 is 236 Å². The highest BCUT2D eigenvalue weighted by Gasteiger charge is 2.22. The SMILES string of the molecule is Cc1c(Br)cc(Br)cc1Br.Cc1c(Br)cccc1Br.Cc1c(Cl)cc(Cl)cc1Cl.Cc1c(Cl)ccc(Cl)c1C.Cc1c(Cl)cccc1Cl.Cc1cc(C)c(C)c(N(C)C)c1.Cc1cc(Cl)cc(Br)c1C.Cc1ccccc1C#N.Cc1ccccc1C(Br)(Br)Br. The van der Waals surface area contributed by atoms with Gasteiger partial charge in [-0.25, -0.2) is 0 Å². The van der Waals surface area contributed by atoms with Crippen molar-refractivity contribution in [3.8, 4) is 6.07 Å². The lowest BCUT2D eigenvalue weighted by Crippen LogP contribution is -2.11. The molecule has 0 saturated heterocycles. The van der Waals surface area contributed by atoms with Crippen LogP contribution < -0.4 is 4.90 Å². The van der Waals surface area contributed by atoms with E-state index in [0.717, 1.165) is 85.3 Å². The van der Waals surface area contributed by atoms with Crippen molar-refractivity contribution in [1.29, 1.82) is 5.26 Å². The largest absolute Gasteiger partial charge is 0.377 e. The number of nitrogens with zero attached hydrogens (tertiary/aromatic N) is 2. The van der Waals surface area contributed by atoms with E-state index in [1.807, 2.05) is 151 Å². The predicted molar refractivity (Wildman–Crippen MR) is 433 cm³/mol. The zero-order valence-corrected chi connectivity index (χ0v) is 72.5. The summed E-state index contributed by atoms with van der Waals surface area (Å²) in [6.45, 7) is 26.4. The van der Waals surface area contributed by atoms with Gasteiger partial charge in [0.25, 0.3) is 0 Å². The monoisotopic (exact) mass is 1940 g/mol. The van der Waals surface area contributed by atoms with Crippen molar-refractivity contribution in [1.82, 2.24) is 0 Å². The number of hydrogen-bond acceptors (Lipinski definition) is 2. The van der Waals surface area contributed by atoms with Gasteiger partial charge in [0.1, 0.15) is 0 Å². The van der Waals surface area contributed by atoms with Crippen molar-refractivity contribution in [3.05, 3.63) is 296 Å². The van der Waals surface area contributed by atoms with Gasteiger partial charge in [0.15, 0.2) is 2.14 Å². The molecule has 0 bridgehead atoms. The van der Waals surface area contributed by atoms with Crippen LogP contribution in [-0.4, -0.2) is 14.1 Å². The summed E-state index contributed by atoms with van der Waals surface area (Å²) in [5.74, 6) is 0. The molecule has 0 aromatic heterocycles. The van der Waals surface area contributed by atoms with E-state index >= 15 is 0 Å². The topological polar surface area (TPSA) is 27.0 Å². The summed E-state index contributed by atoms with van der Waals surface area (Å²) in [4.78, 5) is 2.16. The zero-order valence-electron chi connectivity index (χ0n) is 52.2. The Morgan fingerprint density at radius 1 is 0.344 bits per heavy atom. The molecule has 0 spiro atoms. The first kappa shape index (κ1) is 86.9. The first-order valence-corrected chi connectivity index (χ1v) is 37.1. The summed E-state index contributed by atoms with van der Waals surface area (Å²) in [7, 11) is 4.17. The van der Waals surface area contributed by atoms with Crippen molar-refractivity contribution in [2.45, 2.75) is 92.2 Å². The van der Waals surface area contributed by atoms with Gasteiger partial charge in [-0.15, -0.1) is 0 Å². The van der Waals surface area contributed by atoms with E-state index in [9.17, 15) is 0 Å². The maximum Gasteiger partial charge on any atom is 0.160 e. The molecule has 0 radical (unpaired) electrons. The minimum Gasteiger partial charge on any atom is -0.377 e. The van der Waals surface area contributed by atoms with E-state index in [4.69, 9.17) is 98.1 Å². The maximum absolute atomic E-state index is 8.47. The number of halogens is 17. The average Bonchev–Trinajstić information content (AvgIpc) is 1.89. The van der Waals surface area contributed by atoms with Gasteiger partial charge in [0.05, 0.1) is 11.6 Å². The average molecular weight is 1950 g/mol. The summed E-state index contributed by atoms with van der Waals surface area (Å²) in [5, 5.41) is 14.1. The molecule has 0 N–H and O–H groups in total. The van der Waals surface area contributed by atoms with Crippen molar-refractivity contribution < 1.29 is 0 Å². The second kappa shape index (κ2) is 44.0. The number of benzene rings is 9. The fourth-order valence-corrected chi connectivity index (χ4v) is 14.2. The van der Waals surface area contributed by atoms with E-state index in [1.54, 1.807) is 12.1 Å². The molecule has 0 aliphatic carbocycles. The van der Waals surface area contributed by atoms with Crippen LogP contribution in [0.1, 0.15) is 83.5 Å². The van der Waals surface area contributed by atoms with Gasteiger partial charge in [0.2, 0.25) is 0 Å². The van der Waals surface area contributed by atoms with E-state index in [2.05, 4.69) is 241 Å². The van der Waals surface area contributed by atoms with Gasteiger partial charge in [-0.1, -0.05) is 297 Å². The summed E-state index contributed by atoms with van der Waals surface area (Å²) >= 11 is 77.0. The molecule has 0 aliphatic heterocycles. The van der Waals surface area contributed by atoms with Gasteiger partial charge >= 0.3 is 0 Å². The molecular formula is C71H69Br9Cl8N2. The molecule has 0 amide bonds. The van der Waals surface area contributed by atoms with Gasteiger partial charge in [-0.05, 0) is 253 Å². The third-order valence-electron chi connectivity index (χ3n) is 13.1. The Labute approximate surface area is 652 Å². The van der Waals surface area contributed by atoms with Crippen molar-refractivity contribution in [2.75, 3.05) is 19.0 Å². The molecule has 0 unspecified atom stereocenters. The quantitative estimate of drug-likeness (QED) is 0.153. The minimum atomic E-state index is -0.279. The normalized spacial score (nSPS) is 9.99. The Balaban J connectivity index is 0.000000507. The smallest absolute Gasteiger partial charge is 0.160 e. The molecule has 0 fully saturated rings. The lowest BCUT2D eigenvalue weighted by atomic mass is 10.0. The number of rotatable bonds is 1. The number of alkyl halides is 3. The summed E-state index contributed by atoms with van der Waals surface area (Å²) in [5.41, 5.74) is 18.6. The second-order valence-corrected chi connectivity index (χ2v) is 35.4. The molecule has 0 atom stereocenters. The van der Waals surface area contributed by atoms with E-state index in [1.165, 1.54) is 55.8 Å². The van der Waals surface area contributed by atoms with Crippen LogP contribution in [0.2, 0.25) is 40.2 Å². The fourth-order valence-electron chi connectivity index (χ4n) is 6.99. The Bertz CT molecular complexity index is 3510. The minimum absolute atomic E-state index is 0.279. The van der Waals surface area contributed by atoms with Crippen LogP contribution in [0.4, 0.5) is 5.69 Å². The Morgan fingerprint density at radius 3 is 1.12 bits per heavy atom. The predicted octanol–water partition coefficient (Wildman–Crippen LogP) is 31.2. The van der Waals surface area contributed by atoms with Crippen molar-refractivity contribution in [3.63, 3.8) is 0 Å². The Morgan fingerprint density at radius 2 is 0.733 bits per heavy atom. The number of anilines is 1. The standard InChI is InChI=1S/C11H17N.C8H7Br3.C8H8BrCl.C8H8Cl2.C8H7N.C7H5Br3.C7H6Br2.C7H5Cl3.C7H6Cl2/c1-8-6-9(2)10(3)11(7-8)12(4)5;1-6-4-2-3-5-7(6)8(9,10)11;1-5-3-7(10)4-8(9)6(5)2;1-5-6(2)8(10)4-3-7(5)9;1-7-4-2-3-5-8(7)6-9;1-4-6(9)2-5(8)3-7(4)10;1-5-6(8)3-2-4-7(5)9;1-4-6(9)2-5(8)3-7(4)10;1-5-6(8)3-2-4-7(5)9/h6-7H,1-5H3;2-5H,1H3;2*3-4H,1-2H3;2-5H,1H3;2-3H,1H3;2-4H,1H3;2-3H,1H3;2-4H,1H3. The molecule has 482 valence electrons. The molecule has 0 aliphatic rings. The van der Waals surface area contributed by atoms with Gasteiger partial charge < -0.3 is 4.90 Å². The van der Waals surface area contributed by atoms with Crippen LogP contribution in [0.5, 0.6) is 0 Å². The lowest BCUT2D eigenvalue weighted by Gasteiger charge is -2.17. The van der Waals surface area contributed by atoms with E-state index in [0.29, 0.717) is 15.1 Å². The summed E-state index contributed by atoms with van der Waals surface area (Å²) < 4.78 is 6.42. The second-order valence-electron chi connectivity index (χ2n) is 20.2. The molecule has 0 heterocycles. The van der Waals surface area contributed by atoms with Gasteiger partial charge in [-0.2, -0.15) is 5.26 Å². The number of hydrogen-bond donors (Lipinski definition) is 0. The Kier molecular flexibility index (Phi) is 42.5. The highest BCUT2D eigenvalue weighted by atomic mass is 80.0. The first-order valence-electron chi connectivity index (χ1n) is 27.0. The molecule has 0 saturated carbocycles. The zero-order chi connectivity index (χ0) is 69.1. The van der Waals surface area contributed by atoms with E-state index in [-0.39, 0.29) is 2.14 Å². The molecule has 2 nitrogen and oxygen atoms in total. The molecular weight excluding hydrogens is 1880 g/mol. The van der Waals surface area contributed by atoms with Crippen LogP contribution in [-0.2, 0) is 2.14 Å². The first-order chi connectivity index (χ1) is 41.8. The van der Waals surface area contributed by atoms with Crippen LogP contribution in [0.15, 0.2) is 172 Å². The van der Waals surface area contributed by atoms with Crippen LogP contribution in [0, 0.1) is 101 Å². The molecule has 9 rings (SSSR count). The molecule has 9 aromatic rings. The highest BCUT2D eigenvalue weighted by molar-refractivity contribution is 9.38. The molecule has 90 heavy (non-hydrogen) atoms. The third kappa shape index (κ3) is 31.9. The lowest BCUT2D eigenvalue weighted by molar-refractivity contribution is 1.10. The highest BCUT2D eigenvalue weighted by Crippen LogP contribution is 2.45.